The molecule has 4 rings (SSSR count). The van der Waals surface area contributed by atoms with Crippen LogP contribution in [0.15, 0.2) is 18.2 Å². The fourth-order valence-electron chi connectivity index (χ4n) is 3.89. The van der Waals surface area contributed by atoms with Gasteiger partial charge in [0.15, 0.2) is 0 Å². The quantitative estimate of drug-likeness (QED) is 0.741. The number of hydrogen-bond donors (Lipinski definition) is 2. The SMILES string of the molecule is CC1Cc2nn3c(c2CN1C(=O)Nc1ccc(F)c(C#N)c1)C(=O)N(C)OC(CN)C3. The number of amides is 3. The van der Waals surface area contributed by atoms with Crippen molar-refractivity contribution >= 4 is 17.6 Å². The molecule has 162 valence electrons. The topological polar surface area (TPSA) is 130 Å². The summed E-state index contributed by atoms with van der Waals surface area (Å²) in [4.78, 5) is 33.0. The summed E-state index contributed by atoms with van der Waals surface area (Å²) >= 11 is 0. The third kappa shape index (κ3) is 3.71. The lowest BCUT2D eigenvalue weighted by atomic mass is 9.99. The summed E-state index contributed by atoms with van der Waals surface area (Å²) in [5.74, 6) is -1.00. The molecule has 2 aliphatic rings. The first kappa shape index (κ1) is 20.8. The van der Waals surface area contributed by atoms with Gasteiger partial charge in [0.2, 0.25) is 0 Å². The maximum Gasteiger partial charge on any atom is 0.322 e. The molecule has 2 unspecified atom stereocenters. The van der Waals surface area contributed by atoms with E-state index in [9.17, 15) is 14.0 Å². The zero-order valence-electron chi connectivity index (χ0n) is 17.1. The third-order valence-electron chi connectivity index (χ3n) is 5.52. The number of nitriles is 1. The van der Waals surface area contributed by atoms with Crippen LogP contribution in [0, 0.1) is 17.1 Å². The Hall–Kier alpha value is -3.49. The Kier molecular flexibility index (Phi) is 5.34. The van der Waals surface area contributed by atoms with E-state index in [4.69, 9.17) is 15.8 Å². The molecule has 3 amide bonds. The standard InChI is InChI=1S/C20H22FN7O3/c1-11-5-17-15(18-19(29)26(2)31-14(8-23)9-28(18)25-17)10-27(11)20(30)24-13-3-4-16(21)12(6-13)7-22/h3-4,6,11,14H,5,8-10,23H2,1-2H3,(H,24,30). The van der Waals surface area contributed by atoms with E-state index in [1.54, 1.807) is 15.7 Å². The van der Waals surface area contributed by atoms with Crippen LogP contribution >= 0.6 is 0 Å². The fraction of sp³-hybridized carbons (Fsp3) is 0.400. The molecular formula is C20H22FN7O3. The molecule has 0 radical (unpaired) electrons. The van der Waals surface area contributed by atoms with E-state index in [1.807, 2.05) is 6.92 Å². The highest BCUT2D eigenvalue weighted by atomic mass is 19.1. The number of aromatic nitrogens is 2. The fourth-order valence-corrected chi connectivity index (χ4v) is 3.89. The van der Waals surface area contributed by atoms with Gasteiger partial charge < -0.3 is 16.0 Å². The van der Waals surface area contributed by atoms with E-state index >= 15 is 0 Å². The van der Waals surface area contributed by atoms with E-state index < -0.39 is 11.8 Å². The average Bonchev–Trinajstić information content (AvgIpc) is 3.03. The van der Waals surface area contributed by atoms with Crippen LogP contribution in [0.2, 0.25) is 0 Å². The van der Waals surface area contributed by atoms with Gasteiger partial charge in [0.1, 0.15) is 23.7 Å². The average molecular weight is 427 g/mol. The van der Waals surface area contributed by atoms with Gasteiger partial charge >= 0.3 is 6.03 Å². The van der Waals surface area contributed by atoms with Crippen molar-refractivity contribution in [3.63, 3.8) is 0 Å². The van der Waals surface area contributed by atoms with Gasteiger partial charge in [0, 0.05) is 37.3 Å². The molecule has 1 aromatic heterocycles. The van der Waals surface area contributed by atoms with Crippen LogP contribution < -0.4 is 11.1 Å². The molecule has 0 spiro atoms. The van der Waals surface area contributed by atoms with Crippen LogP contribution in [-0.4, -0.2) is 57.4 Å². The molecule has 3 N–H and O–H groups in total. The van der Waals surface area contributed by atoms with E-state index in [-0.39, 0.29) is 36.7 Å². The second-order valence-corrected chi connectivity index (χ2v) is 7.64. The Labute approximate surface area is 177 Å². The summed E-state index contributed by atoms with van der Waals surface area (Å²) in [7, 11) is 1.53. The molecule has 2 atom stereocenters. The molecule has 10 nitrogen and oxygen atoms in total. The van der Waals surface area contributed by atoms with Gasteiger partial charge in [-0.25, -0.2) is 14.2 Å². The van der Waals surface area contributed by atoms with Gasteiger partial charge in [-0.1, -0.05) is 0 Å². The van der Waals surface area contributed by atoms with E-state index in [0.29, 0.717) is 29.9 Å². The highest BCUT2D eigenvalue weighted by molar-refractivity contribution is 5.94. The van der Waals surface area contributed by atoms with Crippen LogP contribution in [0.4, 0.5) is 14.9 Å². The number of nitrogens with one attached hydrogen (secondary N) is 1. The molecule has 0 aliphatic carbocycles. The number of carbonyl (C=O) groups excluding carboxylic acids is 2. The number of carbonyl (C=O) groups is 2. The normalized spacial score (nSPS) is 20.5. The number of nitrogens with zero attached hydrogens (tertiary/aromatic N) is 5. The predicted molar refractivity (Wildman–Crippen MR) is 107 cm³/mol. The van der Waals surface area contributed by atoms with Crippen LogP contribution in [0.25, 0.3) is 0 Å². The molecular weight excluding hydrogens is 405 g/mol. The zero-order chi connectivity index (χ0) is 22.3. The van der Waals surface area contributed by atoms with E-state index in [0.717, 1.165) is 16.8 Å². The molecule has 0 bridgehead atoms. The molecule has 0 fully saturated rings. The maximum absolute atomic E-state index is 13.6. The number of anilines is 1. The van der Waals surface area contributed by atoms with Crippen molar-refractivity contribution in [3.8, 4) is 6.07 Å². The minimum Gasteiger partial charge on any atom is -0.328 e. The Morgan fingerprint density at radius 3 is 2.97 bits per heavy atom. The minimum atomic E-state index is -0.653. The van der Waals surface area contributed by atoms with Gasteiger partial charge in [0.25, 0.3) is 5.91 Å². The molecule has 3 heterocycles. The van der Waals surface area contributed by atoms with Crippen molar-refractivity contribution in [2.45, 2.75) is 38.6 Å². The molecule has 2 aromatic rings. The first-order chi connectivity index (χ1) is 14.8. The van der Waals surface area contributed by atoms with Gasteiger partial charge in [-0.2, -0.15) is 10.4 Å². The molecule has 1 aromatic carbocycles. The predicted octanol–water partition coefficient (Wildman–Crippen LogP) is 1.22. The third-order valence-corrected chi connectivity index (χ3v) is 5.52. The second kappa shape index (κ2) is 7.98. The molecule has 11 heteroatoms. The van der Waals surface area contributed by atoms with Gasteiger partial charge in [-0.15, -0.1) is 0 Å². The van der Waals surface area contributed by atoms with Crippen molar-refractivity contribution < 1.29 is 18.8 Å². The Morgan fingerprint density at radius 1 is 1.48 bits per heavy atom. The second-order valence-electron chi connectivity index (χ2n) is 7.64. The Balaban J connectivity index is 1.61. The monoisotopic (exact) mass is 427 g/mol. The van der Waals surface area contributed by atoms with Crippen molar-refractivity contribution in [3.05, 3.63) is 46.5 Å². The number of benzene rings is 1. The number of nitrogens with two attached hydrogens (primary N) is 1. The zero-order valence-corrected chi connectivity index (χ0v) is 17.1. The summed E-state index contributed by atoms with van der Waals surface area (Å²) in [6, 6.07) is 4.95. The lowest BCUT2D eigenvalue weighted by Gasteiger charge is -2.33. The number of fused-ring (bicyclic) bond motifs is 3. The van der Waals surface area contributed by atoms with Crippen LogP contribution in [-0.2, 0) is 24.3 Å². The molecule has 2 aliphatic heterocycles. The molecule has 0 saturated carbocycles. The number of rotatable bonds is 2. The highest BCUT2D eigenvalue weighted by Crippen LogP contribution is 2.29. The van der Waals surface area contributed by atoms with Crippen LogP contribution in [0.1, 0.15) is 34.2 Å². The Bertz CT molecular complexity index is 1090. The Morgan fingerprint density at radius 2 is 2.26 bits per heavy atom. The number of hydrogen-bond acceptors (Lipinski definition) is 6. The van der Waals surface area contributed by atoms with Gasteiger partial charge in [-0.3, -0.25) is 14.3 Å². The van der Waals surface area contributed by atoms with Gasteiger partial charge in [-0.05, 0) is 25.1 Å². The van der Waals surface area contributed by atoms with Crippen molar-refractivity contribution in [2.75, 3.05) is 18.9 Å². The van der Waals surface area contributed by atoms with Crippen molar-refractivity contribution in [2.24, 2.45) is 5.73 Å². The van der Waals surface area contributed by atoms with Crippen molar-refractivity contribution in [1.29, 1.82) is 5.26 Å². The number of halogens is 1. The summed E-state index contributed by atoms with van der Waals surface area (Å²) in [6.45, 7) is 2.63. The first-order valence-corrected chi connectivity index (χ1v) is 9.83. The lowest BCUT2D eigenvalue weighted by molar-refractivity contribution is -0.144. The van der Waals surface area contributed by atoms with E-state index in [2.05, 4.69) is 10.4 Å². The lowest BCUT2D eigenvalue weighted by Crippen LogP contribution is -2.45. The minimum absolute atomic E-state index is 0.156. The smallest absolute Gasteiger partial charge is 0.322 e. The molecule has 31 heavy (non-hydrogen) atoms. The van der Waals surface area contributed by atoms with Gasteiger partial charge in [0.05, 0.1) is 24.3 Å². The molecule has 0 saturated heterocycles. The van der Waals surface area contributed by atoms with E-state index in [1.165, 1.54) is 19.2 Å². The number of urea groups is 1. The summed E-state index contributed by atoms with van der Waals surface area (Å²) in [5, 5.41) is 17.4. The maximum atomic E-state index is 13.6. The highest BCUT2D eigenvalue weighted by Gasteiger charge is 2.37. The summed E-state index contributed by atoms with van der Waals surface area (Å²) in [5.41, 5.74) is 7.71. The summed E-state index contributed by atoms with van der Waals surface area (Å²) in [6.07, 6.45) is 0.0852. The van der Waals surface area contributed by atoms with Crippen LogP contribution in [0.5, 0.6) is 0 Å². The summed E-state index contributed by atoms with van der Waals surface area (Å²) < 4.78 is 15.2. The first-order valence-electron chi connectivity index (χ1n) is 9.83. The van der Waals surface area contributed by atoms with Crippen LogP contribution in [0.3, 0.4) is 0 Å². The number of hydroxylamine groups is 2. The largest absolute Gasteiger partial charge is 0.328 e. The van der Waals surface area contributed by atoms with Crippen molar-refractivity contribution in [1.82, 2.24) is 19.7 Å².